The average molecular weight is 390 g/mol. The van der Waals surface area contributed by atoms with Crippen LogP contribution in [0.25, 0.3) is 10.9 Å². The van der Waals surface area contributed by atoms with E-state index in [2.05, 4.69) is 56.3 Å². The molecule has 2 aromatic heterocycles. The van der Waals surface area contributed by atoms with Crippen molar-refractivity contribution in [2.24, 2.45) is 0 Å². The molecule has 0 saturated heterocycles. The third-order valence-electron chi connectivity index (χ3n) is 5.39. The number of fused-ring (bicyclic) bond motifs is 1. The lowest BCUT2D eigenvalue weighted by Crippen LogP contribution is -2.26. The van der Waals surface area contributed by atoms with E-state index in [0.29, 0.717) is 18.1 Å². The molecule has 2 heterocycles. The first-order valence-electron chi connectivity index (χ1n) is 10.4. The van der Waals surface area contributed by atoms with Crippen LogP contribution in [0.15, 0.2) is 54.2 Å². The van der Waals surface area contributed by atoms with E-state index in [4.69, 9.17) is 0 Å². The summed E-state index contributed by atoms with van der Waals surface area (Å²) in [6, 6.07) is 11.8. The Kier molecular flexibility index (Phi) is 6.19. The molecule has 0 unspecified atom stereocenters. The number of nitrogens with zero attached hydrogens (tertiary/aromatic N) is 2. The van der Waals surface area contributed by atoms with Crippen molar-refractivity contribution in [1.82, 2.24) is 20.5 Å². The van der Waals surface area contributed by atoms with E-state index in [1.54, 1.807) is 12.1 Å². The molecule has 1 aliphatic carbocycles. The van der Waals surface area contributed by atoms with Crippen LogP contribution >= 0.6 is 0 Å². The highest BCUT2D eigenvalue weighted by Crippen LogP contribution is 2.19. The van der Waals surface area contributed by atoms with Gasteiger partial charge in [-0.1, -0.05) is 29.8 Å². The Labute approximate surface area is 170 Å². The molecule has 150 valence electrons. The second kappa shape index (κ2) is 9.37. The average Bonchev–Trinajstić information content (AvgIpc) is 3.18. The van der Waals surface area contributed by atoms with Crippen molar-refractivity contribution < 1.29 is 4.79 Å². The SMILES string of the molecule is O=C(NCCC1=CCCCC1)c1ccc(NCCc2c[nH]c3ccccc23)nn1. The fraction of sp³-hybridized carbons (Fsp3) is 0.348. The lowest BCUT2D eigenvalue weighted by atomic mass is 9.97. The van der Waals surface area contributed by atoms with Crippen molar-refractivity contribution in [2.75, 3.05) is 18.4 Å². The largest absolute Gasteiger partial charge is 0.368 e. The van der Waals surface area contributed by atoms with Crippen molar-refractivity contribution in [2.45, 2.75) is 38.5 Å². The first-order valence-corrected chi connectivity index (χ1v) is 10.4. The fourth-order valence-electron chi connectivity index (χ4n) is 3.77. The molecule has 0 saturated carbocycles. The zero-order valence-electron chi connectivity index (χ0n) is 16.6. The Balaban J connectivity index is 1.23. The molecular formula is C23H27N5O. The van der Waals surface area contributed by atoms with Crippen LogP contribution in [0.4, 0.5) is 5.82 Å². The minimum Gasteiger partial charge on any atom is -0.368 e. The predicted molar refractivity (Wildman–Crippen MR) is 116 cm³/mol. The van der Waals surface area contributed by atoms with Gasteiger partial charge < -0.3 is 15.6 Å². The van der Waals surface area contributed by atoms with Gasteiger partial charge in [0.15, 0.2) is 5.69 Å². The Morgan fingerprint density at radius 1 is 1.03 bits per heavy atom. The van der Waals surface area contributed by atoms with Gasteiger partial charge in [-0.2, -0.15) is 0 Å². The lowest BCUT2D eigenvalue weighted by Gasteiger charge is -2.12. The van der Waals surface area contributed by atoms with Crippen LogP contribution in [0.1, 0.15) is 48.2 Å². The molecular weight excluding hydrogens is 362 g/mol. The molecule has 1 aliphatic rings. The quantitative estimate of drug-likeness (QED) is 0.504. The maximum absolute atomic E-state index is 12.2. The lowest BCUT2D eigenvalue weighted by molar-refractivity contribution is 0.0948. The van der Waals surface area contributed by atoms with Gasteiger partial charge in [-0.25, -0.2) is 0 Å². The molecule has 4 rings (SSSR count). The second-order valence-corrected chi connectivity index (χ2v) is 7.45. The van der Waals surface area contributed by atoms with Crippen LogP contribution in [0, 0.1) is 0 Å². The zero-order chi connectivity index (χ0) is 19.9. The number of aromatic amines is 1. The highest BCUT2D eigenvalue weighted by Gasteiger charge is 2.09. The van der Waals surface area contributed by atoms with Crippen LogP contribution in [0.3, 0.4) is 0 Å². The van der Waals surface area contributed by atoms with E-state index >= 15 is 0 Å². The van der Waals surface area contributed by atoms with Crippen LogP contribution in [0.5, 0.6) is 0 Å². The van der Waals surface area contributed by atoms with Gasteiger partial charge in [0.05, 0.1) is 0 Å². The summed E-state index contributed by atoms with van der Waals surface area (Å²) < 4.78 is 0. The number of hydrogen-bond donors (Lipinski definition) is 3. The summed E-state index contributed by atoms with van der Waals surface area (Å²) in [6.07, 6.45) is 11.0. The van der Waals surface area contributed by atoms with Crippen molar-refractivity contribution in [3.05, 3.63) is 65.5 Å². The number of carbonyl (C=O) groups is 1. The van der Waals surface area contributed by atoms with Crippen molar-refractivity contribution >= 4 is 22.6 Å². The Morgan fingerprint density at radius 3 is 2.79 bits per heavy atom. The van der Waals surface area contributed by atoms with Gasteiger partial charge in [0.1, 0.15) is 5.82 Å². The normalized spacial score (nSPS) is 13.9. The van der Waals surface area contributed by atoms with Gasteiger partial charge in [0.2, 0.25) is 0 Å². The van der Waals surface area contributed by atoms with Crippen LogP contribution in [0.2, 0.25) is 0 Å². The van der Waals surface area contributed by atoms with E-state index in [1.807, 2.05) is 6.07 Å². The summed E-state index contributed by atoms with van der Waals surface area (Å²) in [4.78, 5) is 15.5. The third-order valence-corrected chi connectivity index (χ3v) is 5.39. The summed E-state index contributed by atoms with van der Waals surface area (Å²) in [5.74, 6) is 0.507. The summed E-state index contributed by atoms with van der Waals surface area (Å²) in [5, 5.41) is 15.7. The highest BCUT2D eigenvalue weighted by molar-refractivity contribution is 5.92. The number of nitrogens with one attached hydrogen (secondary N) is 3. The second-order valence-electron chi connectivity index (χ2n) is 7.45. The molecule has 0 aliphatic heterocycles. The van der Waals surface area contributed by atoms with Crippen molar-refractivity contribution in [3.8, 4) is 0 Å². The van der Waals surface area contributed by atoms with E-state index in [1.165, 1.54) is 35.8 Å². The number of H-pyrrole nitrogens is 1. The van der Waals surface area contributed by atoms with E-state index < -0.39 is 0 Å². The van der Waals surface area contributed by atoms with E-state index in [0.717, 1.165) is 31.3 Å². The number of hydrogen-bond acceptors (Lipinski definition) is 4. The van der Waals surface area contributed by atoms with Crippen LogP contribution in [-0.4, -0.2) is 34.2 Å². The third kappa shape index (κ3) is 5.02. The molecule has 3 aromatic rings. The Bertz CT molecular complexity index is 990. The van der Waals surface area contributed by atoms with Crippen LogP contribution < -0.4 is 10.6 Å². The first kappa shape index (κ1) is 19.2. The molecule has 1 amide bonds. The maximum atomic E-state index is 12.2. The van der Waals surface area contributed by atoms with E-state index in [-0.39, 0.29) is 5.91 Å². The number of carbonyl (C=O) groups excluding carboxylic acids is 1. The molecule has 6 nitrogen and oxygen atoms in total. The van der Waals surface area contributed by atoms with Gasteiger partial charge in [0, 0.05) is 30.2 Å². The maximum Gasteiger partial charge on any atom is 0.271 e. The van der Waals surface area contributed by atoms with Gasteiger partial charge in [-0.15, -0.1) is 10.2 Å². The summed E-state index contributed by atoms with van der Waals surface area (Å²) in [7, 11) is 0. The summed E-state index contributed by atoms with van der Waals surface area (Å²) >= 11 is 0. The minimum atomic E-state index is -0.167. The van der Waals surface area contributed by atoms with Gasteiger partial charge in [-0.05, 0) is 62.3 Å². The number of allylic oxidation sites excluding steroid dienone is 1. The molecule has 0 spiro atoms. The molecule has 3 N–H and O–H groups in total. The minimum absolute atomic E-state index is 0.167. The number of para-hydroxylation sites is 1. The molecule has 6 heteroatoms. The molecule has 29 heavy (non-hydrogen) atoms. The Hall–Kier alpha value is -3.15. The van der Waals surface area contributed by atoms with Gasteiger partial charge >= 0.3 is 0 Å². The van der Waals surface area contributed by atoms with Crippen molar-refractivity contribution in [1.29, 1.82) is 0 Å². The summed E-state index contributed by atoms with van der Waals surface area (Å²) in [6.45, 7) is 1.40. The van der Waals surface area contributed by atoms with Crippen molar-refractivity contribution in [3.63, 3.8) is 0 Å². The van der Waals surface area contributed by atoms with Gasteiger partial charge in [-0.3, -0.25) is 4.79 Å². The zero-order valence-corrected chi connectivity index (χ0v) is 16.6. The standard InChI is InChI=1S/C23H27N5O/c29-23(25-14-12-17-6-2-1-3-7-17)21-10-11-22(28-27-21)24-15-13-18-16-26-20-9-5-4-8-19(18)20/h4-6,8-11,16,26H,1-3,7,12-15H2,(H,24,28)(H,25,29). The predicted octanol–water partition coefficient (Wildman–Crippen LogP) is 4.23. The number of aromatic nitrogens is 3. The van der Waals surface area contributed by atoms with Crippen LogP contribution in [-0.2, 0) is 6.42 Å². The summed E-state index contributed by atoms with van der Waals surface area (Å²) in [5.41, 5.74) is 4.23. The monoisotopic (exact) mass is 389 g/mol. The number of anilines is 1. The smallest absolute Gasteiger partial charge is 0.271 e. The van der Waals surface area contributed by atoms with E-state index in [9.17, 15) is 4.79 Å². The molecule has 0 radical (unpaired) electrons. The number of amides is 1. The molecule has 0 atom stereocenters. The molecule has 0 fully saturated rings. The highest BCUT2D eigenvalue weighted by atomic mass is 16.1. The molecule has 0 bridgehead atoms. The fourth-order valence-corrected chi connectivity index (χ4v) is 3.77. The topological polar surface area (TPSA) is 82.7 Å². The number of benzene rings is 1. The number of rotatable bonds is 8. The molecule has 1 aromatic carbocycles. The Morgan fingerprint density at radius 2 is 1.97 bits per heavy atom. The van der Waals surface area contributed by atoms with Gasteiger partial charge in [0.25, 0.3) is 5.91 Å². The first-order chi connectivity index (χ1) is 14.3.